The van der Waals surface area contributed by atoms with Gasteiger partial charge in [0.2, 0.25) is 0 Å². The van der Waals surface area contributed by atoms with E-state index in [1.54, 1.807) is 27.4 Å². The molecule has 5 nitrogen and oxygen atoms in total. The van der Waals surface area contributed by atoms with Crippen molar-refractivity contribution in [2.45, 2.75) is 25.5 Å². The fourth-order valence-corrected chi connectivity index (χ4v) is 3.77. The van der Waals surface area contributed by atoms with Crippen LogP contribution in [-0.2, 0) is 11.3 Å². The van der Waals surface area contributed by atoms with E-state index in [-0.39, 0.29) is 11.9 Å². The molecular formula is C22H28FNO4. The molecule has 28 heavy (non-hydrogen) atoms. The number of methoxy groups -OCH3 is 4. The van der Waals surface area contributed by atoms with E-state index in [0.29, 0.717) is 17.1 Å². The van der Waals surface area contributed by atoms with Gasteiger partial charge in [-0.3, -0.25) is 4.90 Å². The van der Waals surface area contributed by atoms with Crippen LogP contribution in [0, 0.1) is 5.82 Å². The van der Waals surface area contributed by atoms with E-state index in [9.17, 15) is 4.39 Å². The molecule has 2 aromatic rings. The monoisotopic (exact) mass is 389 g/mol. The molecule has 1 saturated heterocycles. The highest BCUT2D eigenvalue weighted by Gasteiger charge is 2.21. The molecule has 2 aromatic carbocycles. The smallest absolute Gasteiger partial charge is 0.168 e. The van der Waals surface area contributed by atoms with Crippen LogP contribution >= 0.6 is 0 Å². The SMILES string of the molecule is COc1ccc(-c2cc(CN3CCCC(OC)C3)cc(OC)c2OC)cc1F. The predicted molar refractivity (Wildman–Crippen MR) is 107 cm³/mol. The minimum atomic E-state index is -0.412. The number of piperidine rings is 1. The Morgan fingerprint density at radius 2 is 1.79 bits per heavy atom. The van der Waals surface area contributed by atoms with Crippen LogP contribution in [0.5, 0.6) is 17.2 Å². The minimum Gasteiger partial charge on any atom is -0.494 e. The Balaban J connectivity index is 1.97. The van der Waals surface area contributed by atoms with E-state index in [4.69, 9.17) is 18.9 Å². The molecule has 0 radical (unpaired) electrons. The Hall–Kier alpha value is -2.31. The van der Waals surface area contributed by atoms with Crippen LogP contribution in [0.2, 0.25) is 0 Å². The summed E-state index contributed by atoms with van der Waals surface area (Å²) in [6.45, 7) is 2.70. The first-order chi connectivity index (χ1) is 13.6. The third-order valence-corrected chi connectivity index (χ3v) is 5.20. The van der Waals surface area contributed by atoms with Crippen LogP contribution in [0.4, 0.5) is 4.39 Å². The topological polar surface area (TPSA) is 40.2 Å². The summed E-state index contributed by atoms with van der Waals surface area (Å²) in [6.07, 6.45) is 2.47. The Morgan fingerprint density at radius 3 is 2.43 bits per heavy atom. The van der Waals surface area contributed by atoms with Crippen LogP contribution in [0.1, 0.15) is 18.4 Å². The zero-order valence-corrected chi connectivity index (χ0v) is 17.0. The van der Waals surface area contributed by atoms with Gasteiger partial charge < -0.3 is 18.9 Å². The van der Waals surface area contributed by atoms with Crippen molar-refractivity contribution in [3.63, 3.8) is 0 Å². The number of likely N-dealkylation sites (tertiary alicyclic amines) is 1. The highest BCUT2D eigenvalue weighted by Crippen LogP contribution is 2.40. The Labute approximate surface area is 166 Å². The molecule has 0 aliphatic carbocycles. The van der Waals surface area contributed by atoms with Crippen LogP contribution < -0.4 is 14.2 Å². The zero-order chi connectivity index (χ0) is 20.1. The Kier molecular flexibility index (Phi) is 6.75. The van der Waals surface area contributed by atoms with E-state index >= 15 is 0 Å². The first-order valence-corrected chi connectivity index (χ1v) is 9.43. The average molecular weight is 389 g/mol. The molecular weight excluding hydrogens is 361 g/mol. The fourth-order valence-electron chi connectivity index (χ4n) is 3.77. The van der Waals surface area contributed by atoms with E-state index in [0.717, 1.165) is 43.6 Å². The second kappa shape index (κ2) is 9.26. The summed E-state index contributed by atoms with van der Waals surface area (Å²) in [7, 11) is 6.42. The Morgan fingerprint density at radius 1 is 1.00 bits per heavy atom. The van der Waals surface area contributed by atoms with Gasteiger partial charge in [0.05, 0.1) is 27.4 Å². The summed E-state index contributed by atoms with van der Waals surface area (Å²) >= 11 is 0. The lowest BCUT2D eigenvalue weighted by Crippen LogP contribution is -2.38. The van der Waals surface area contributed by atoms with Gasteiger partial charge in [0.15, 0.2) is 23.1 Å². The maximum atomic E-state index is 14.3. The van der Waals surface area contributed by atoms with Gasteiger partial charge in [-0.05, 0) is 54.8 Å². The summed E-state index contributed by atoms with van der Waals surface area (Å²) in [4.78, 5) is 2.37. The summed E-state index contributed by atoms with van der Waals surface area (Å²) in [5.74, 6) is 1.02. The van der Waals surface area contributed by atoms with Crippen LogP contribution in [0.15, 0.2) is 30.3 Å². The molecule has 1 unspecified atom stereocenters. The summed E-state index contributed by atoms with van der Waals surface area (Å²) < 4.78 is 36.0. The van der Waals surface area contributed by atoms with E-state index in [1.165, 1.54) is 13.2 Å². The lowest BCUT2D eigenvalue weighted by atomic mass is 9.99. The number of rotatable bonds is 7. The van der Waals surface area contributed by atoms with Crippen molar-refractivity contribution in [2.24, 2.45) is 0 Å². The van der Waals surface area contributed by atoms with Gasteiger partial charge >= 0.3 is 0 Å². The van der Waals surface area contributed by atoms with Crippen molar-refractivity contribution in [1.82, 2.24) is 4.90 Å². The highest BCUT2D eigenvalue weighted by molar-refractivity contribution is 5.75. The molecule has 0 saturated carbocycles. The molecule has 0 bridgehead atoms. The Bertz CT molecular complexity index is 811. The predicted octanol–water partition coefficient (Wildman–Crippen LogP) is 4.13. The average Bonchev–Trinajstić information content (AvgIpc) is 2.73. The number of ether oxygens (including phenoxy) is 4. The quantitative estimate of drug-likeness (QED) is 0.712. The summed E-state index contributed by atoms with van der Waals surface area (Å²) in [5, 5.41) is 0. The molecule has 1 atom stereocenters. The first kappa shape index (κ1) is 20.4. The third kappa shape index (κ3) is 4.39. The highest BCUT2D eigenvalue weighted by atomic mass is 19.1. The molecule has 0 aromatic heterocycles. The molecule has 1 fully saturated rings. The number of hydrogen-bond acceptors (Lipinski definition) is 5. The standard InChI is InChI=1S/C22H28FNO4/c1-25-17-6-5-9-24(14-17)13-15-10-18(22(28-4)21(11-15)27-3)16-7-8-20(26-2)19(23)12-16/h7-8,10-12,17H,5-6,9,13-14H2,1-4H3. The molecule has 0 amide bonds. The minimum absolute atomic E-state index is 0.213. The zero-order valence-electron chi connectivity index (χ0n) is 17.0. The molecule has 1 aliphatic heterocycles. The largest absolute Gasteiger partial charge is 0.494 e. The lowest BCUT2D eigenvalue weighted by molar-refractivity contribution is 0.0285. The second-order valence-corrected chi connectivity index (χ2v) is 6.96. The number of halogens is 1. The summed E-state index contributed by atoms with van der Waals surface area (Å²) in [5.41, 5.74) is 2.59. The number of benzene rings is 2. The van der Waals surface area contributed by atoms with Gasteiger partial charge in [-0.25, -0.2) is 4.39 Å². The fraction of sp³-hybridized carbons (Fsp3) is 0.455. The van der Waals surface area contributed by atoms with Crippen LogP contribution in [0.3, 0.4) is 0 Å². The molecule has 0 N–H and O–H groups in total. The molecule has 3 rings (SSSR count). The van der Waals surface area contributed by atoms with Gasteiger partial charge in [-0.15, -0.1) is 0 Å². The third-order valence-electron chi connectivity index (χ3n) is 5.20. The van der Waals surface area contributed by atoms with Crippen LogP contribution in [-0.4, -0.2) is 52.5 Å². The molecule has 152 valence electrons. The molecule has 6 heteroatoms. The van der Waals surface area contributed by atoms with Crippen molar-refractivity contribution < 1.29 is 23.3 Å². The maximum absolute atomic E-state index is 14.3. The van der Waals surface area contributed by atoms with Crippen LogP contribution in [0.25, 0.3) is 11.1 Å². The summed E-state index contributed by atoms with van der Waals surface area (Å²) in [6, 6.07) is 8.93. The maximum Gasteiger partial charge on any atom is 0.168 e. The van der Waals surface area contributed by atoms with Crippen molar-refractivity contribution in [3.8, 4) is 28.4 Å². The van der Waals surface area contributed by atoms with Gasteiger partial charge in [-0.2, -0.15) is 0 Å². The van der Waals surface area contributed by atoms with E-state index in [1.807, 2.05) is 18.2 Å². The van der Waals surface area contributed by atoms with E-state index in [2.05, 4.69) is 4.90 Å². The van der Waals surface area contributed by atoms with Crippen molar-refractivity contribution in [1.29, 1.82) is 0 Å². The number of nitrogens with zero attached hydrogens (tertiary/aromatic N) is 1. The van der Waals surface area contributed by atoms with E-state index < -0.39 is 5.82 Å². The molecule has 0 spiro atoms. The van der Waals surface area contributed by atoms with Gasteiger partial charge in [0.1, 0.15) is 0 Å². The van der Waals surface area contributed by atoms with Gasteiger partial charge in [0, 0.05) is 25.8 Å². The normalized spacial score (nSPS) is 17.4. The van der Waals surface area contributed by atoms with Gasteiger partial charge in [-0.1, -0.05) is 6.07 Å². The molecule has 1 heterocycles. The molecule has 1 aliphatic rings. The second-order valence-electron chi connectivity index (χ2n) is 6.96. The number of hydrogen-bond donors (Lipinski definition) is 0. The lowest BCUT2D eigenvalue weighted by Gasteiger charge is -2.32. The van der Waals surface area contributed by atoms with Crippen molar-refractivity contribution >= 4 is 0 Å². The van der Waals surface area contributed by atoms with Crippen molar-refractivity contribution in [2.75, 3.05) is 41.5 Å². The van der Waals surface area contributed by atoms with Gasteiger partial charge in [0.25, 0.3) is 0 Å². The first-order valence-electron chi connectivity index (χ1n) is 9.43. The van der Waals surface area contributed by atoms with Crippen molar-refractivity contribution in [3.05, 3.63) is 41.7 Å².